The first-order chi connectivity index (χ1) is 12.3. The molecule has 26 heavy (non-hydrogen) atoms. The van der Waals surface area contributed by atoms with Crippen LogP contribution in [0.15, 0.2) is 24.3 Å². The molecule has 1 aromatic carbocycles. The van der Waals surface area contributed by atoms with Crippen molar-refractivity contribution >= 4 is 5.91 Å². The summed E-state index contributed by atoms with van der Waals surface area (Å²) in [5.74, 6) is 2.01. The van der Waals surface area contributed by atoms with Crippen LogP contribution in [0.1, 0.15) is 65.0 Å². The van der Waals surface area contributed by atoms with E-state index in [0.29, 0.717) is 11.8 Å². The van der Waals surface area contributed by atoms with Crippen molar-refractivity contribution in [2.24, 2.45) is 17.8 Å². The highest BCUT2D eigenvalue weighted by Crippen LogP contribution is 2.49. The average Bonchev–Trinajstić information content (AvgIpc) is 2.60. The number of fused-ring (bicyclic) bond motifs is 1. The van der Waals surface area contributed by atoms with Gasteiger partial charge in [-0.3, -0.25) is 4.79 Å². The molecule has 1 amide bonds. The van der Waals surface area contributed by atoms with Gasteiger partial charge in [0.05, 0.1) is 19.3 Å². The maximum Gasteiger partial charge on any atom is 0.222 e. The van der Waals surface area contributed by atoms with Crippen LogP contribution in [-0.4, -0.2) is 24.7 Å². The first-order valence-electron chi connectivity index (χ1n) is 9.94. The number of benzene rings is 1. The largest absolute Gasteiger partial charge is 0.496 e. The Hall–Kier alpha value is -1.55. The Morgan fingerprint density at radius 2 is 2.04 bits per heavy atom. The van der Waals surface area contributed by atoms with Gasteiger partial charge in [0.25, 0.3) is 0 Å². The zero-order valence-electron chi connectivity index (χ0n) is 16.7. The van der Waals surface area contributed by atoms with E-state index in [4.69, 9.17) is 9.47 Å². The number of hydrogen-bond donors (Lipinski definition) is 1. The van der Waals surface area contributed by atoms with Crippen LogP contribution in [0, 0.1) is 17.8 Å². The van der Waals surface area contributed by atoms with E-state index >= 15 is 0 Å². The van der Waals surface area contributed by atoms with Crippen molar-refractivity contribution < 1.29 is 14.3 Å². The van der Waals surface area contributed by atoms with Gasteiger partial charge in [-0.1, -0.05) is 45.4 Å². The highest BCUT2D eigenvalue weighted by Gasteiger charge is 2.49. The summed E-state index contributed by atoms with van der Waals surface area (Å²) in [6.45, 7) is 8.43. The van der Waals surface area contributed by atoms with Gasteiger partial charge in [0, 0.05) is 29.4 Å². The number of amides is 1. The van der Waals surface area contributed by atoms with Gasteiger partial charge in [0.15, 0.2) is 0 Å². The fourth-order valence-electron chi connectivity index (χ4n) is 4.69. The van der Waals surface area contributed by atoms with Gasteiger partial charge < -0.3 is 14.8 Å². The summed E-state index contributed by atoms with van der Waals surface area (Å²) in [7, 11) is 1.70. The molecule has 144 valence electrons. The fraction of sp³-hybridized carbons (Fsp3) is 0.682. The molecule has 1 aliphatic carbocycles. The third-order valence-corrected chi connectivity index (χ3v) is 6.24. The van der Waals surface area contributed by atoms with Crippen LogP contribution in [0.25, 0.3) is 0 Å². The van der Waals surface area contributed by atoms with Crippen LogP contribution in [0.5, 0.6) is 5.75 Å². The number of methoxy groups -OCH3 is 1. The Morgan fingerprint density at radius 1 is 1.31 bits per heavy atom. The second kappa shape index (κ2) is 7.59. The van der Waals surface area contributed by atoms with E-state index in [9.17, 15) is 4.79 Å². The Morgan fingerprint density at radius 3 is 2.73 bits per heavy atom. The van der Waals surface area contributed by atoms with E-state index in [-0.39, 0.29) is 29.6 Å². The molecule has 2 fully saturated rings. The normalized spacial score (nSPS) is 34.2. The van der Waals surface area contributed by atoms with E-state index in [1.54, 1.807) is 7.11 Å². The average molecular weight is 360 g/mol. The van der Waals surface area contributed by atoms with Gasteiger partial charge in [0.2, 0.25) is 5.91 Å². The molecule has 1 heterocycles. The molecule has 1 N–H and O–H groups in total. The molecule has 1 aliphatic heterocycles. The minimum atomic E-state index is -0.254. The standard InChI is InChI=1S/C22H33NO3/c1-14(2)21(24)23-22(4)13-20(16-8-6-7-9-18(16)25-5)26-19-12-15(3)10-11-17(19)22/h6-9,14-15,17,19-20H,10-13H2,1-5H3,(H,23,24)/t15-,17-,19-,20-,22+/m1/s1. The smallest absolute Gasteiger partial charge is 0.222 e. The molecule has 3 rings (SSSR count). The van der Waals surface area contributed by atoms with Crippen molar-refractivity contribution in [1.82, 2.24) is 5.32 Å². The molecular weight excluding hydrogens is 326 g/mol. The summed E-state index contributed by atoms with van der Waals surface area (Å²) < 4.78 is 12.2. The number of para-hydroxylation sites is 1. The van der Waals surface area contributed by atoms with Crippen LogP contribution < -0.4 is 10.1 Å². The topological polar surface area (TPSA) is 47.6 Å². The summed E-state index contributed by atoms with van der Waals surface area (Å²) in [4.78, 5) is 12.5. The van der Waals surface area contributed by atoms with Gasteiger partial charge in [-0.2, -0.15) is 0 Å². The summed E-state index contributed by atoms with van der Waals surface area (Å²) in [6.07, 6.45) is 4.27. The first kappa shape index (κ1) is 19.2. The Labute approximate surface area is 157 Å². The lowest BCUT2D eigenvalue weighted by Gasteiger charge is -2.52. The van der Waals surface area contributed by atoms with Crippen molar-refractivity contribution in [1.29, 1.82) is 0 Å². The lowest BCUT2D eigenvalue weighted by molar-refractivity contribution is -0.155. The number of nitrogens with one attached hydrogen (secondary N) is 1. The summed E-state index contributed by atoms with van der Waals surface area (Å²) in [6, 6.07) is 8.08. The van der Waals surface area contributed by atoms with Gasteiger partial charge in [0.1, 0.15) is 5.75 Å². The number of carbonyl (C=O) groups is 1. The number of rotatable bonds is 4. The molecule has 5 atom stereocenters. The van der Waals surface area contributed by atoms with Crippen LogP contribution >= 0.6 is 0 Å². The van der Waals surface area contributed by atoms with E-state index in [1.165, 1.54) is 6.42 Å². The zero-order chi connectivity index (χ0) is 18.9. The van der Waals surface area contributed by atoms with Gasteiger partial charge in [-0.15, -0.1) is 0 Å². The number of carbonyl (C=O) groups excluding carboxylic acids is 1. The summed E-state index contributed by atoms with van der Waals surface area (Å²) >= 11 is 0. The molecule has 1 saturated heterocycles. The Bertz CT molecular complexity index is 644. The second-order valence-corrected chi connectivity index (χ2v) is 8.70. The Balaban J connectivity index is 1.92. The summed E-state index contributed by atoms with van der Waals surface area (Å²) in [5, 5.41) is 3.39. The molecule has 1 aromatic rings. The first-order valence-corrected chi connectivity index (χ1v) is 9.94. The van der Waals surface area contributed by atoms with Crippen LogP contribution in [0.2, 0.25) is 0 Å². The molecule has 4 nitrogen and oxygen atoms in total. The highest BCUT2D eigenvalue weighted by atomic mass is 16.5. The molecular formula is C22H33NO3. The lowest BCUT2D eigenvalue weighted by atomic mass is 9.66. The van der Waals surface area contributed by atoms with Crippen molar-refractivity contribution in [3.63, 3.8) is 0 Å². The molecule has 0 aromatic heterocycles. The Kier molecular flexibility index (Phi) is 5.61. The SMILES string of the molecule is COc1ccccc1[C@H]1C[C@](C)(NC(=O)C(C)C)[C@@H]2CC[C@@H](C)C[C@H]2O1. The lowest BCUT2D eigenvalue weighted by Crippen LogP contribution is -2.61. The third-order valence-electron chi connectivity index (χ3n) is 6.24. The van der Waals surface area contributed by atoms with Crippen LogP contribution in [-0.2, 0) is 9.53 Å². The van der Waals surface area contributed by atoms with Crippen molar-refractivity contribution in [2.45, 2.75) is 71.1 Å². The van der Waals surface area contributed by atoms with Gasteiger partial charge >= 0.3 is 0 Å². The molecule has 0 spiro atoms. The highest BCUT2D eigenvalue weighted by molar-refractivity contribution is 5.78. The minimum absolute atomic E-state index is 0.0136. The molecule has 2 aliphatic rings. The maximum atomic E-state index is 12.5. The van der Waals surface area contributed by atoms with E-state index in [2.05, 4.69) is 25.2 Å². The predicted molar refractivity (Wildman–Crippen MR) is 103 cm³/mol. The predicted octanol–water partition coefficient (Wildman–Crippen LogP) is 4.49. The molecule has 0 bridgehead atoms. The molecule has 0 unspecified atom stereocenters. The van der Waals surface area contributed by atoms with Gasteiger partial charge in [-0.05, 0) is 31.7 Å². The van der Waals surface area contributed by atoms with Crippen molar-refractivity contribution in [2.75, 3.05) is 7.11 Å². The van der Waals surface area contributed by atoms with E-state index in [0.717, 1.165) is 30.6 Å². The van der Waals surface area contributed by atoms with Gasteiger partial charge in [-0.25, -0.2) is 0 Å². The second-order valence-electron chi connectivity index (χ2n) is 8.70. The van der Waals surface area contributed by atoms with E-state index in [1.807, 2.05) is 32.0 Å². The third kappa shape index (κ3) is 3.75. The minimum Gasteiger partial charge on any atom is -0.496 e. The summed E-state index contributed by atoms with van der Waals surface area (Å²) in [5.41, 5.74) is 0.826. The number of hydrogen-bond acceptors (Lipinski definition) is 3. The van der Waals surface area contributed by atoms with Crippen molar-refractivity contribution in [3.8, 4) is 5.75 Å². The number of ether oxygens (including phenoxy) is 2. The molecule has 4 heteroatoms. The zero-order valence-corrected chi connectivity index (χ0v) is 16.7. The van der Waals surface area contributed by atoms with Crippen LogP contribution in [0.4, 0.5) is 0 Å². The van der Waals surface area contributed by atoms with E-state index < -0.39 is 0 Å². The molecule has 1 saturated carbocycles. The van der Waals surface area contributed by atoms with Crippen LogP contribution in [0.3, 0.4) is 0 Å². The monoisotopic (exact) mass is 359 g/mol. The quantitative estimate of drug-likeness (QED) is 0.861. The molecule has 0 radical (unpaired) electrons. The maximum absolute atomic E-state index is 12.5. The fourth-order valence-corrected chi connectivity index (χ4v) is 4.69. The van der Waals surface area contributed by atoms with Crippen molar-refractivity contribution in [3.05, 3.63) is 29.8 Å².